The minimum Gasteiger partial charge on any atom is -0.487 e. The average molecular weight is 387 g/mol. The zero-order valence-corrected chi connectivity index (χ0v) is 17.8. The minimum atomic E-state index is -0.418. The van der Waals surface area contributed by atoms with E-state index < -0.39 is 6.04 Å². The predicted molar refractivity (Wildman–Crippen MR) is 109 cm³/mol. The highest BCUT2D eigenvalue weighted by molar-refractivity contribution is 5.82. The molecular formula is C23H34N2O3. The topological polar surface area (TPSA) is 64.8 Å². The number of ether oxygens (including phenoxy) is 2. The molecule has 5 atom stereocenters. The van der Waals surface area contributed by atoms with Crippen molar-refractivity contribution in [3.05, 3.63) is 29.3 Å². The van der Waals surface area contributed by atoms with Crippen LogP contribution in [-0.2, 0) is 9.53 Å². The number of likely N-dealkylation sites (tertiary alicyclic amines) is 1. The highest BCUT2D eigenvalue weighted by Gasteiger charge is 2.51. The Morgan fingerprint density at radius 2 is 2.07 bits per heavy atom. The normalized spacial score (nSPS) is 32.0. The van der Waals surface area contributed by atoms with Gasteiger partial charge in [-0.15, -0.1) is 0 Å². The molecule has 0 unspecified atom stereocenters. The summed E-state index contributed by atoms with van der Waals surface area (Å²) in [6.07, 6.45) is 2.16. The molecule has 28 heavy (non-hydrogen) atoms. The Kier molecular flexibility index (Phi) is 4.95. The molecule has 2 N–H and O–H groups in total. The van der Waals surface area contributed by atoms with Crippen LogP contribution in [0.4, 0.5) is 0 Å². The first-order chi connectivity index (χ1) is 13.2. The summed E-state index contributed by atoms with van der Waals surface area (Å²) >= 11 is 0. The summed E-state index contributed by atoms with van der Waals surface area (Å²) in [5, 5.41) is 0. The van der Waals surface area contributed by atoms with E-state index in [1.165, 1.54) is 11.1 Å². The number of carbonyl (C=O) groups excluding carboxylic acids is 1. The number of nitrogens with two attached hydrogens (primary N) is 1. The van der Waals surface area contributed by atoms with E-state index in [0.29, 0.717) is 5.92 Å². The quantitative estimate of drug-likeness (QED) is 0.846. The average Bonchev–Trinajstić information content (AvgIpc) is 2.64. The van der Waals surface area contributed by atoms with Crippen molar-refractivity contribution in [1.29, 1.82) is 0 Å². The molecule has 1 aromatic carbocycles. The Labute approximate surface area is 168 Å². The SMILES string of the molecule is Cc1ccc2c(c1)OC(C)(C)[C@@H]1C[C@H]3CN(C(=O)[C@H](N)C(C)C)CC[C@H]3O[C@@H]21. The smallest absolute Gasteiger partial charge is 0.239 e. The fourth-order valence-corrected chi connectivity index (χ4v) is 5.11. The van der Waals surface area contributed by atoms with Gasteiger partial charge < -0.3 is 20.1 Å². The molecule has 3 aliphatic rings. The van der Waals surface area contributed by atoms with Crippen LogP contribution in [0.25, 0.3) is 0 Å². The second kappa shape index (κ2) is 7.03. The summed E-state index contributed by atoms with van der Waals surface area (Å²) in [5.74, 6) is 1.81. The van der Waals surface area contributed by atoms with Crippen LogP contribution in [0.1, 0.15) is 57.8 Å². The third kappa shape index (κ3) is 3.33. The van der Waals surface area contributed by atoms with E-state index in [1.54, 1.807) is 0 Å². The van der Waals surface area contributed by atoms with E-state index in [0.717, 1.165) is 31.7 Å². The summed E-state index contributed by atoms with van der Waals surface area (Å²) in [7, 11) is 0. The first-order valence-electron chi connectivity index (χ1n) is 10.7. The first-order valence-corrected chi connectivity index (χ1v) is 10.7. The zero-order chi connectivity index (χ0) is 20.2. The fourth-order valence-electron chi connectivity index (χ4n) is 5.11. The largest absolute Gasteiger partial charge is 0.487 e. The molecule has 5 heteroatoms. The van der Waals surface area contributed by atoms with Gasteiger partial charge in [0.1, 0.15) is 11.4 Å². The van der Waals surface area contributed by atoms with Crippen LogP contribution in [-0.4, -0.2) is 41.6 Å². The highest BCUT2D eigenvalue weighted by atomic mass is 16.5. The van der Waals surface area contributed by atoms with Crippen molar-refractivity contribution in [2.75, 3.05) is 13.1 Å². The number of carbonyl (C=O) groups is 1. The number of nitrogens with zero attached hydrogens (tertiary/aromatic N) is 1. The molecule has 3 aliphatic heterocycles. The predicted octanol–water partition coefficient (Wildman–Crippen LogP) is 3.44. The lowest BCUT2D eigenvalue weighted by Gasteiger charge is -2.53. The van der Waals surface area contributed by atoms with E-state index in [9.17, 15) is 4.79 Å². The molecule has 1 aromatic rings. The molecule has 2 fully saturated rings. The molecule has 0 bridgehead atoms. The third-order valence-electron chi connectivity index (χ3n) is 6.96. The maximum Gasteiger partial charge on any atom is 0.239 e. The van der Waals surface area contributed by atoms with Gasteiger partial charge in [-0.25, -0.2) is 0 Å². The number of aryl methyl sites for hydroxylation is 1. The van der Waals surface area contributed by atoms with E-state index in [-0.39, 0.29) is 35.6 Å². The Morgan fingerprint density at radius 1 is 1.32 bits per heavy atom. The molecule has 0 aromatic heterocycles. The molecule has 0 aliphatic carbocycles. The van der Waals surface area contributed by atoms with E-state index in [4.69, 9.17) is 15.2 Å². The van der Waals surface area contributed by atoms with E-state index in [2.05, 4.69) is 39.0 Å². The van der Waals surface area contributed by atoms with Crippen LogP contribution in [0.3, 0.4) is 0 Å². The maximum atomic E-state index is 12.8. The number of piperidine rings is 1. The van der Waals surface area contributed by atoms with Crippen LogP contribution in [0.5, 0.6) is 5.75 Å². The van der Waals surface area contributed by atoms with Gasteiger partial charge in [-0.3, -0.25) is 4.79 Å². The standard InChI is InChI=1S/C23H34N2O3/c1-13(2)20(24)22(26)25-9-8-18-15(12-25)11-17-21(27-18)16-7-6-14(3)10-19(16)28-23(17,4)5/h6-7,10,13,15,17-18,20-21H,8-9,11-12,24H2,1-5H3/t15-,17+,18+,20+,21-/m0/s1. The fraction of sp³-hybridized carbons (Fsp3) is 0.696. The van der Waals surface area contributed by atoms with E-state index in [1.807, 2.05) is 18.7 Å². The molecule has 0 spiro atoms. The van der Waals surface area contributed by atoms with Crippen LogP contribution in [0, 0.1) is 24.7 Å². The van der Waals surface area contributed by atoms with Crippen LogP contribution in [0.2, 0.25) is 0 Å². The van der Waals surface area contributed by atoms with Crippen molar-refractivity contribution >= 4 is 5.91 Å². The number of rotatable bonds is 2. The van der Waals surface area contributed by atoms with E-state index >= 15 is 0 Å². The van der Waals surface area contributed by atoms with Gasteiger partial charge in [0.25, 0.3) is 0 Å². The number of fused-ring (bicyclic) bond motifs is 4. The van der Waals surface area contributed by atoms with Gasteiger partial charge in [0.05, 0.1) is 18.2 Å². The Morgan fingerprint density at radius 3 is 2.79 bits per heavy atom. The Hall–Kier alpha value is -1.59. The first kappa shape index (κ1) is 19.7. The monoisotopic (exact) mass is 386 g/mol. The maximum absolute atomic E-state index is 12.8. The lowest BCUT2D eigenvalue weighted by atomic mass is 9.70. The molecule has 5 nitrogen and oxygen atoms in total. The van der Waals surface area contributed by atoms with Gasteiger partial charge >= 0.3 is 0 Å². The lowest BCUT2D eigenvalue weighted by Crippen LogP contribution is -2.58. The third-order valence-corrected chi connectivity index (χ3v) is 6.96. The molecule has 154 valence electrons. The van der Waals surface area contributed by atoms with Gasteiger partial charge in [-0.05, 0) is 51.2 Å². The van der Waals surface area contributed by atoms with Gasteiger partial charge in [0.15, 0.2) is 0 Å². The Balaban J connectivity index is 1.55. The van der Waals surface area contributed by atoms with Crippen LogP contribution < -0.4 is 10.5 Å². The van der Waals surface area contributed by atoms with Crippen LogP contribution >= 0.6 is 0 Å². The summed E-state index contributed by atoms with van der Waals surface area (Å²) in [6, 6.07) is 6.01. The highest BCUT2D eigenvalue weighted by Crippen LogP contribution is 2.53. The summed E-state index contributed by atoms with van der Waals surface area (Å²) in [6.45, 7) is 11.9. The lowest BCUT2D eigenvalue weighted by molar-refractivity contribution is -0.189. The molecule has 4 rings (SSSR count). The van der Waals surface area contributed by atoms with Crippen molar-refractivity contribution in [1.82, 2.24) is 4.90 Å². The van der Waals surface area contributed by atoms with Gasteiger partial charge in [0, 0.05) is 30.5 Å². The van der Waals surface area contributed by atoms with Crippen molar-refractivity contribution in [3.63, 3.8) is 0 Å². The molecule has 1 amide bonds. The molecule has 0 radical (unpaired) electrons. The molecular weight excluding hydrogens is 352 g/mol. The summed E-state index contributed by atoms with van der Waals surface area (Å²) in [5.41, 5.74) is 8.21. The second-order valence-electron chi connectivity index (χ2n) is 9.79. The number of hydrogen-bond donors (Lipinski definition) is 1. The van der Waals surface area contributed by atoms with Gasteiger partial charge in [-0.2, -0.15) is 0 Å². The number of hydrogen-bond acceptors (Lipinski definition) is 4. The summed E-state index contributed by atoms with van der Waals surface area (Å²) in [4.78, 5) is 14.7. The zero-order valence-electron chi connectivity index (χ0n) is 17.8. The Bertz CT molecular complexity index is 760. The molecule has 2 saturated heterocycles. The van der Waals surface area contributed by atoms with Crippen molar-refractivity contribution in [2.45, 2.75) is 71.3 Å². The number of amides is 1. The molecule has 3 heterocycles. The van der Waals surface area contributed by atoms with Crippen molar-refractivity contribution in [3.8, 4) is 5.75 Å². The molecule has 0 saturated carbocycles. The van der Waals surface area contributed by atoms with Crippen LogP contribution in [0.15, 0.2) is 18.2 Å². The second-order valence-corrected chi connectivity index (χ2v) is 9.79. The summed E-state index contributed by atoms with van der Waals surface area (Å²) < 4.78 is 13.1. The number of benzene rings is 1. The van der Waals surface area contributed by atoms with Crippen molar-refractivity contribution < 1.29 is 14.3 Å². The van der Waals surface area contributed by atoms with Gasteiger partial charge in [-0.1, -0.05) is 26.0 Å². The van der Waals surface area contributed by atoms with Crippen molar-refractivity contribution in [2.24, 2.45) is 23.5 Å². The minimum absolute atomic E-state index is 0.0702. The van der Waals surface area contributed by atoms with Gasteiger partial charge in [0.2, 0.25) is 5.91 Å².